The summed E-state index contributed by atoms with van der Waals surface area (Å²) in [7, 11) is 0. The zero-order valence-corrected chi connectivity index (χ0v) is 4.73. The first-order valence-corrected chi connectivity index (χ1v) is 2.63. The van der Waals surface area contributed by atoms with E-state index in [1.54, 1.807) is 6.26 Å². The first-order chi connectivity index (χ1) is 3.39. The number of nitrogens with zero attached hydrogens (tertiary/aromatic N) is 1. The van der Waals surface area contributed by atoms with Crippen molar-refractivity contribution < 1.29 is 4.18 Å². The summed E-state index contributed by atoms with van der Waals surface area (Å²) in [6.07, 6.45) is 3.43. The molecule has 0 aromatic carbocycles. The van der Waals surface area contributed by atoms with E-state index in [1.165, 1.54) is 0 Å². The second-order valence-electron chi connectivity index (χ2n) is 1.21. The van der Waals surface area contributed by atoms with Crippen molar-refractivity contribution in [2.75, 3.05) is 0 Å². The molecule has 0 fully saturated rings. The maximum Gasteiger partial charge on any atom is 0.201 e. The molecule has 0 spiro atoms. The first kappa shape index (κ1) is 4.71. The predicted molar refractivity (Wildman–Crippen MR) is 30.9 cm³/mol. The van der Waals surface area contributed by atoms with E-state index < -0.39 is 0 Å². The highest BCUT2D eigenvalue weighted by Gasteiger charge is 1.89. The highest BCUT2D eigenvalue weighted by Crippen LogP contribution is 2.09. The summed E-state index contributed by atoms with van der Waals surface area (Å²) in [4.78, 5) is 0. The number of rotatable bonds is 0. The van der Waals surface area contributed by atoms with E-state index >= 15 is 0 Å². The van der Waals surface area contributed by atoms with Crippen LogP contribution in [0.3, 0.4) is 0 Å². The molecule has 1 aliphatic rings. The van der Waals surface area contributed by atoms with Crippen molar-refractivity contribution in [1.82, 2.24) is 0 Å². The highest BCUT2D eigenvalue weighted by atomic mass is 32.2. The van der Waals surface area contributed by atoms with E-state index in [9.17, 15) is 0 Å². The lowest BCUT2D eigenvalue weighted by molar-refractivity contribution is 0.565. The van der Waals surface area contributed by atoms with Gasteiger partial charge in [0.1, 0.15) is 6.26 Å². The molecular formula is C4H5NOS. The largest absolute Gasteiger partial charge is 0.412 e. The van der Waals surface area contributed by atoms with E-state index in [1.807, 2.05) is 13.0 Å². The Hall–Kier alpha value is -0.440. The van der Waals surface area contributed by atoms with Gasteiger partial charge in [-0.1, -0.05) is 0 Å². The van der Waals surface area contributed by atoms with E-state index in [4.69, 9.17) is 0 Å². The Morgan fingerprint density at radius 1 is 1.86 bits per heavy atom. The summed E-state index contributed by atoms with van der Waals surface area (Å²) in [6.45, 7) is 1.92. The molecule has 38 valence electrons. The van der Waals surface area contributed by atoms with Crippen molar-refractivity contribution in [3.8, 4) is 0 Å². The molecule has 7 heavy (non-hydrogen) atoms. The van der Waals surface area contributed by atoms with Gasteiger partial charge in [0.15, 0.2) is 0 Å². The summed E-state index contributed by atoms with van der Waals surface area (Å²) in [5.74, 6) is 0. The molecule has 0 unspecified atom stereocenters. The van der Waals surface area contributed by atoms with Gasteiger partial charge in [0.2, 0.25) is 12.2 Å². The Morgan fingerprint density at radius 2 is 2.71 bits per heavy atom. The van der Waals surface area contributed by atoms with Gasteiger partial charge in [-0.15, -0.1) is 0 Å². The van der Waals surface area contributed by atoms with Crippen molar-refractivity contribution in [3.63, 3.8) is 0 Å². The van der Waals surface area contributed by atoms with Crippen LogP contribution in [0.5, 0.6) is 0 Å². The number of allylic oxidation sites excluding steroid dienone is 1. The minimum absolute atomic E-state index is 0.997. The highest BCUT2D eigenvalue weighted by molar-refractivity contribution is 7.93. The van der Waals surface area contributed by atoms with E-state index in [0.29, 0.717) is 0 Å². The fraction of sp³-hybridized carbons (Fsp3) is 0.250. The molecule has 0 atom stereocenters. The van der Waals surface area contributed by atoms with E-state index in [0.717, 1.165) is 17.9 Å². The summed E-state index contributed by atoms with van der Waals surface area (Å²) in [6, 6.07) is 0. The first-order valence-electron chi connectivity index (χ1n) is 1.93. The lowest BCUT2D eigenvalue weighted by Gasteiger charge is -1.96. The number of hydrogen-bond donors (Lipinski definition) is 0. The van der Waals surface area contributed by atoms with Crippen molar-refractivity contribution in [3.05, 3.63) is 12.3 Å². The Balaban J connectivity index is 2.58. The summed E-state index contributed by atoms with van der Waals surface area (Å²) in [5, 5.41) is 0. The minimum Gasteiger partial charge on any atom is -0.412 e. The van der Waals surface area contributed by atoms with Crippen LogP contribution in [0.15, 0.2) is 16.7 Å². The lowest BCUT2D eigenvalue weighted by atomic mass is 10.4. The Kier molecular flexibility index (Phi) is 1.36. The van der Waals surface area contributed by atoms with Gasteiger partial charge in [0.05, 0.1) is 5.71 Å². The summed E-state index contributed by atoms with van der Waals surface area (Å²) >= 11 is 1.10. The average molecular weight is 115 g/mol. The van der Waals surface area contributed by atoms with Gasteiger partial charge in [-0.3, -0.25) is 0 Å². The Bertz CT molecular complexity index is 119. The minimum atomic E-state index is 0.997. The molecule has 0 aromatic heterocycles. The molecule has 0 saturated heterocycles. The Morgan fingerprint density at radius 3 is 3.00 bits per heavy atom. The van der Waals surface area contributed by atoms with Gasteiger partial charge in [-0.2, -0.15) is 4.40 Å². The molecule has 2 nitrogen and oxygen atoms in total. The molecule has 1 rings (SSSR count). The van der Waals surface area contributed by atoms with Crippen molar-refractivity contribution >= 4 is 17.9 Å². The maximum atomic E-state index is 4.69. The molecule has 0 radical (unpaired) electrons. The molecular weight excluding hydrogens is 110 g/mol. The van der Waals surface area contributed by atoms with Gasteiger partial charge >= 0.3 is 0 Å². The van der Waals surface area contributed by atoms with E-state index in [-0.39, 0.29) is 0 Å². The lowest BCUT2D eigenvalue weighted by Crippen LogP contribution is -1.85. The average Bonchev–Trinajstić information content (AvgIpc) is 1.69. The molecule has 1 heterocycles. The van der Waals surface area contributed by atoms with Crippen LogP contribution in [0.1, 0.15) is 6.92 Å². The normalized spacial score (nSPS) is 18.1. The van der Waals surface area contributed by atoms with Gasteiger partial charge in [-0.05, 0) is 13.0 Å². The fourth-order valence-corrected chi connectivity index (χ4v) is 0.589. The van der Waals surface area contributed by atoms with Crippen LogP contribution in [0, 0.1) is 0 Å². The van der Waals surface area contributed by atoms with E-state index in [2.05, 4.69) is 8.58 Å². The Labute approximate surface area is 46.6 Å². The van der Waals surface area contributed by atoms with Crippen molar-refractivity contribution in [2.24, 2.45) is 4.40 Å². The second-order valence-corrected chi connectivity index (χ2v) is 1.73. The number of hydrogen-bond acceptors (Lipinski definition) is 3. The van der Waals surface area contributed by atoms with Crippen molar-refractivity contribution in [1.29, 1.82) is 0 Å². The fourth-order valence-electron chi connectivity index (χ4n) is 0.262. The molecule has 0 saturated carbocycles. The van der Waals surface area contributed by atoms with Crippen LogP contribution in [-0.2, 0) is 4.18 Å². The second kappa shape index (κ2) is 2.02. The quantitative estimate of drug-likeness (QED) is 0.353. The van der Waals surface area contributed by atoms with Gasteiger partial charge < -0.3 is 4.18 Å². The molecule has 1 aliphatic heterocycles. The van der Waals surface area contributed by atoms with Gasteiger partial charge in [0, 0.05) is 0 Å². The molecule has 0 aromatic rings. The molecule has 0 amide bonds. The third-order valence-electron chi connectivity index (χ3n) is 0.589. The van der Waals surface area contributed by atoms with Crippen LogP contribution in [0.25, 0.3) is 0 Å². The molecule has 3 heteroatoms. The van der Waals surface area contributed by atoms with Gasteiger partial charge in [-0.25, -0.2) is 0 Å². The van der Waals surface area contributed by atoms with Gasteiger partial charge in [0.25, 0.3) is 0 Å². The molecule has 0 bridgehead atoms. The molecule has 0 aliphatic carbocycles. The third kappa shape index (κ3) is 1.23. The SMILES string of the molecule is CC1=NSOC=C1. The summed E-state index contributed by atoms with van der Waals surface area (Å²) < 4.78 is 8.54. The zero-order chi connectivity index (χ0) is 5.11. The van der Waals surface area contributed by atoms with Crippen LogP contribution in [0.2, 0.25) is 0 Å². The molecule has 0 N–H and O–H groups in total. The zero-order valence-electron chi connectivity index (χ0n) is 3.92. The third-order valence-corrected chi connectivity index (χ3v) is 1.15. The topological polar surface area (TPSA) is 21.6 Å². The van der Waals surface area contributed by atoms with Crippen molar-refractivity contribution in [2.45, 2.75) is 6.92 Å². The van der Waals surface area contributed by atoms with Crippen LogP contribution < -0.4 is 0 Å². The predicted octanol–water partition coefficient (Wildman–Crippen LogP) is 1.55. The van der Waals surface area contributed by atoms with Crippen LogP contribution in [0.4, 0.5) is 0 Å². The monoisotopic (exact) mass is 115 g/mol. The smallest absolute Gasteiger partial charge is 0.201 e. The standard InChI is InChI=1S/C4H5NOS/c1-4-2-3-6-7-5-4/h2-3H,1H3. The maximum absolute atomic E-state index is 4.69. The summed E-state index contributed by atoms with van der Waals surface area (Å²) in [5.41, 5.74) is 0.997. The van der Waals surface area contributed by atoms with Crippen LogP contribution >= 0.6 is 12.2 Å². The van der Waals surface area contributed by atoms with Crippen LogP contribution in [-0.4, -0.2) is 5.71 Å².